The molecule has 0 radical (unpaired) electrons. The second kappa shape index (κ2) is 5.78. The fraction of sp³-hybridized carbons (Fsp3) is 0.250. The van der Waals surface area contributed by atoms with Crippen molar-refractivity contribution in [2.24, 2.45) is 0 Å². The molecule has 2 aromatic heterocycles. The van der Waals surface area contributed by atoms with Crippen molar-refractivity contribution in [1.29, 1.82) is 0 Å². The summed E-state index contributed by atoms with van der Waals surface area (Å²) in [6.07, 6.45) is 0. The molecule has 0 fully saturated rings. The summed E-state index contributed by atoms with van der Waals surface area (Å²) in [6.45, 7) is 4.01. The lowest BCUT2D eigenvalue weighted by atomic mass is 10.1. The van der Waals surface area contributed by atoms with Gasteiger partial charge < -0.3 is 5.32 Å². The van der Waals surface area contributed by atoms with Crippen LogP contribution in [0, 0.1) is 6.92 Å². The molecule has 1 unspecified atom stereocenters. The van der Waals surface area contributed by atoms with Crippen molar-refractivity contribution in [1.82, 2.24) is 4.98 Å². The molecular weight excluding hydrogens is 355 g/mol. The molecule has 0 saturated heterocycles. The fourth-order valence-electron chi connectivity index (χ4n) is 1.64. The molecule has 96 valence electrons. The highest BCUT2D eigenvalue weighted by molar-refractivity contribution is 9.10. The van der Waals surface area contributed by atoms with Crippen LogP contribution in [0.15, 0.2) is 22.8 Å². The molecule has 18 heavy (non-hydrogen) atoms. The summed E-state index contributed by atoms with van der Waals surface area (Å²) in [5.41, 5.74) is 2.94. The molecule has 1 atom stereocenters. The molecule has 0 bridgehead atoms. The third-order valence-corrected chi connectivity index (χ3v) is 4.53. The molecule has 6 heteroatoms. The predicted molar refractivity (Wildman–Crippen MR) is 83.1 cm³/mol. The SMILES string of the molecule is Cc1nc(Br)ccc1NC(C)c1cc(Cl)sc1Cl. The minimum Gasteiger partial charge on any atom is -0.377 e. The maximum Gasteiger partial charge on any atom is 0.106 e. The number of nitrogens with one attached hydrogen (secondary N) is 1. The van der Waals surface area contributed by atoms with Crippen molar-refractivity contribution < 1.29 is 0 Å². The van der Waals surface area contributed by atoms with Gasteiger partial charge in [-0.3, -0.25) is 0 Å². The van der Waals surface area contributed by atoms with Crippen molar-refractivity contribution in [2.45, 2.75) is 19.9 Å². The average molecular weight is 366 g/mol. The smallest absolute Gasteiger partial charge is 0.106 e. The highest BCUT2D eigenvalue weighted by Crippen LogP contribution is 2.36. The van der Waals surface area contributed by atoms with Crippen molar-refractivity contribution in [3.05, 3.63) is 42.7 Å². The number of hydrogen-bond acceptors (Lipinski definition) is 3. The summed E-state index contributed by atoms with van der Waals surface area (Å²) in [6, 6.07) is 5.88. The Morgan fingerprint density at radius 3 is 2.67 bits per heavy atom. The molecule has 0 saturated carbocycles. The normalized spacial score (nSPS) is 12.5. The van der Waals surface area contributed by atoms with E-state index in [1.165, 1.54) is 11.3 Å². The second-order valence-corrected chi connectivity index (χ2v) is 7.01. The van der Waals surface area contributed by atoms with Gasteiger partial charge in [0.1, 0.15) is 4.60 Å². The van der Waals surface area contributed by atoms with E-state index in [2.05, 4.69) is 26.2 Å². The number of aryl methyl sites for hydroxylation is 1. The molecule has 0 spiro atoms. The van der Waals surface area contributed by atoms with Gasteiger partial charge in [-0.25, -0.2) is 4.98 Å². The number of hydrogen-bond donors (Lipinski definition) is 1. The Kier molecular flexibility index (Phi) is 4.54. The highest BCUT2D eigenvalue weighted by atomic mass is 79.9. The Morgan fingerprint density at radius 1 is 1.39 bits per heavy atom. The Morgan fingerprint density at radius 2 is 2.11 bits per heavy atom. The minimum atomic E-state index is 0.0860. The fourth-order valence-corrected chi connectivity index (χ4v) is 3.69. The number of halogens is 3. The van der Waals surface area contributed by atoms with E-state index >= 15 is 0 Å². The topological polar surface area (TPSA) is 24.9 Å². The quantitative estimate of drug-likeness (QED) is 0.706. The van der Waals surface area contributed by atoms with Gasteiger partial charge in [0.2, 0.25) is 0 Å². The molecule has 0 aliphatic carbocycles. The number of nitrogens with zero attached hydrogens (tertiary/aromatic N) is 1. The standard InChI is InChI=1S/C12H11BrCl2N2S/c1-6(8-5-11(14)18-12(8)15)16-9-3-4-10(13)17-7(9)2/h3-6,16H,1-2H3. The van der Waals surface area contributed by atoms with Crippen LogP contribution in [-0.4, -0.2) is 4.98 Å². The van der Waals surface area contributed by atoms with Crippen molar-refractivity contribution in [3.63, 3.8) is 0 Å². The Bertz CT molecular complexity index is 571. The lowest BCUT2D eigenvalue weighted by Gasteiger charge is -2.16. The van der Waals surface area contributed by atoms with Gasteiger partial charge in [0.15, 0.2) is 0 Å². The lowest BCUT2D eigenvalue weighted by Crippen LogP contribution is -2.07. The van der Waals surface area contributed by atoms with Crippen LogP contribution in [0.5, 0.6) is 0 Å². The summed E-state index contributed by atoms with van der Waals surface area (Å²) in [5.74, 6) is 0. The average Bonchev–Trinajstić information content (AvgIpc) is 2.62. The monoisotopic (exact) mass is 364 g/mol. The lowest BCUT2D eigenvalue weighted by molar-refractivity contribution is 0.884. The zero-order valence-corrected chi connectivity index (χ0v) is 13.7. The van der Waals surface area contributed by atoms with Crippen LogP contribution in [0.1, 0.15) is 24.2 Å². The van der Waals surface area contributed by atoms with Gasteiger partial charge in [0.25, 0.3) is 0 Å². The van der Waals surface area contributed by atoms with E-state index < -0.39 is 0 Å². The van der Waals surface area contributed by atoms with Crippen LogP contribution in [0.4, 0.5) is 5.69 Å². The molecule has 2 aromatic rings. The van der Waals surface area contributed by atoms with Crippen LogP contribution < -0.4 is 5.32 Å². The van der Waals surface area contributed by atoms with E-state index in [1.54, 1.807) is 0 Å². The first-order valence-corrected chi connectivity index (χ1v) is 7.68. The van der Waals surface area contributed by atoms with Gasteiger partial charge in [-0.05, 0) is 48.0 Å². The van der Waals surface area contributed by atoms with Crippen LogP contribution in [0.25, 0.3) is 0 Å². The third kappa shape index (κ3) is 3.18. The third-order valence-electron chi connectivity index (χ3n) is 2.57. The van der Waals surface area contributed by atoms with E-state index in [0.717, 1.165) is 25.9 Å². The molecule has 2 rings (SSSR count). The zero-order chi connectivity index (χ0) is 13.3. The van der Waals surface area contributed by atoms with E-state index in [9.17, 15) is 0 Å². The summed E-state index contributed by atoms with van der Waals surface area (Å²) >= 11 is 16.8. The Balaban J connectivity index is 2.21. The molecule has 0 aromatic carbocycles. The van der Waals surface area contributed by atoms with Crippen LogP contribution in [0.3, 0.4) is 0 Å². The number of pyridine rings is 1. The summed E-state index contributed by atoms with van der Waals surface area (Å²) < 4.78 is 2.26. The summed E-state index contributed by atoms with van der Waals surface area (Å²) in [4.78, 5) is 4.35. The molecule has 0 amide bonds. The van der Waals surface area contributed by atoms with Crippen LogP contribution in [0.2, 0.25) is 8.67 Å². The van der Waals surface area contributed by atoms with Crippen LogP contribution in [-0.2, 0) is 0 Å². The predicted octanol–water partition coefficient (Wildman–Crippen LogP) is 5.69. The molecule has 2 heterocycles. The van der Waals surface area contributed by atoms with E-state index in [1.807, 2.05) is 32.0 Å². The highest BCUT2D eigenvalue weighted by Gasteiger charge is 2.14. The summed E-state index contributed by atoms with van der Waals surface area (Å²) in [7, 11) is 0. The Hall–Kier alpha value is -0.290. The Labute approximate surface area is 128 Å². The maximum absolute atomic E-state index is 6.14. The first-order valence-electron chi connectivity index (χ1n) is 5.32. The van der Waals surface area contributed by atoms with Gasteiger partial charge in [0.05, 0.1) is 26.1 Å². The molecule has 0 aliphatic rings. The van der Waals surface area contributed by atoms with Gasteiger partial charge >= 0.3 is 0 Å². The van der Waals surface area contributed by atoms with Crippen molar-refractivity contribution in [3.8, 4) is 0 Å². The maximum atomic E-state index is 6.14. The van der Waals surface area contributed by atoms with E-state index in [0.29, 0.717) is 4.34 Å². The van der Waals surface area contributed by atoms with E-state index in [4.69, 9.17) is 23.2 Å². The molecule has 1 N–H and O–H groups in total. The molecule has 2 nitrogen and oxygen atoms in total. The molecule has 0 aliphatic heterocycles. The zero-order valence-electron chi connectivity index (χ0n) is 9.80. The first kappa shape index (κ1) is 14.1. The largest absolute Gasteiger partial charge is 0.377 e. The van der Waals surface area contributed by atoms with Gasteiger partial charge in [0, 0.05) is 5.56 Å². The van der Waals surface area contributed by atoms with Gasteiger partial charge in [-0.2, -0.15) is 0 Å². The molecular formula is C12H11BrCl2N2S. The van der Waals surface area contributed by atoms with Gasteiger partial charge in [-0.1, -0.05) is 23.2 Å². The number of anilines is 1. The van der Waals surface area contributed by atoms with Crippen LogP contribution >= 0.6 is 50.5 Å². The van der Waals surface area contributed by atoms with Crippen molar-refractivity contribution in [2.75, 3.05) is 5.32 Å². The van der Waals surface area contributed by atoms with E-state index in [-0.39, 0.29) is 6.04 Å². The van der Waals surface area contributed by atoms with Gasteiger partial charge in [-0.15, -0.1) is 11.3 Å². The number of thiophene rings is 1. The van der Waals surface area contributed by atoms with Crippen molar-refractivity contribution >= 4 is 56.2 Å². The number of aromatic nitrogens is 1. The number of rotatable bonds is 3. The first-order chi connectivity index (χ1) is 8.47. The second-order valence-electron chi connectivity index (χ2n) is 3.91. The summed E-state index contributed by atoms with van der Waals surface area (Å²) in [5, 5.41) is 3.39. The minimum absolute atomic E-state index is 0.0860.